The molecule has 1 heterocycles. The van der Waals surface area contributed by atoms with E-state index in [0.29, 0.717) is 6.04 Å². The summed E-state index contributed by atoms with van der Waals surface area (Å²) in [5.74, 6) is 1.14. The van der Waals surface area contributed by atoms with E-state index in [0.717, 1.165) is 28.1 Å². The number of anilines is 1. The number of aliphatic imine (C=N–C) groups is 1. The van der Waals surface area contributed by atoms with E-state index in [2.05, 4.69) is 17.2 Å². The lowest BCUT2D eigenvalue weighted by Crippen LogP contribution is -2.19. The van der Waals surface area contributed by atoms with Gasteiger partial charge in [-0.3, -0.25) is 4.99 Å². The van der Waals surface area contributed by atoms with E-state index in [4.69, 9.17) is 11.6 Å². The van der Waals surface area contributed by atoms with Crippen molar-refractivity contribution in [2.75, 3.05) is 11.1 Å². The molecule has 1 atom stereocenters. The van der Waals surface area contributed by atoms with Crippen molar-refractivity contribution in [2.45, 2.75) is 25.8 Å². The number of nitrogens with one attached hydrogen (secondary N) is 1. The Morgan fingerprint density at radius 2 is 2.44 bits per heavy atom. The zero-order chi connectivity index (χ0) is 11.4. The van der Waals surface area contributed by atoms with Crippen LogP contribution < -0.4 is 5.32 Å². The number of amidine groups is 1. The van der Waals surface area contributed by atoms with E-state index >= 15 is 0 Å². The van der Waals surface area contributed by atoms with Gasteiger partial charge in [-0.05, 0) is 31.0 Å². The van der Waals surface area contributed by atoms with Crippen molar-refractivity contribution in [3.05, 3.63) is 29.3 Å². The summed E-state index contributed by atoms with van der Waals surface area (Å²) in [4.78, 5) is 4.65. The van der Waals surface area contributed by atoms with E-state index in [1.165, 1.54) is 6.42 Å². The lowest BCUT2D eigenvalue weighted by atomic mass is 10.2. The van der Waals surface area contributed by atoms with Gasteiger partial charge in [0.15, 0.2) is 5.17 Å². The lowest BCUT2D eigenvalue weighted by Gasteiger charge is -2.19. The number of halogens is 1. The van der Waals surface area contributed by atoms with E-state index < -0.39 is 0 Å². The van der Waals surface area contributed by atoms with Gasteiger partial charge in [-0.25, -0.2) is 0 Å². The minimum atomic E-state index is 0.475. The predicted molar refractivity (Wildman–Crippen MR) is 73.7 cm³/mol. The van der Waals surface area contributed by atoms with Crippen LogP contribution >= 0.6 is 23.4 Å². The molecule has 0 aliphatic carbocycles. The Bertz CT molecular complexity index is 392. The number of benzene rings is 1. The summed E-state index contributed by atoms with van der Waals surface area (Å²) in [6.45, 7) is 2.18. The summed E-state index contributed by atoms with van der Waals surface area (Å²) in [7, 11) is 0. The van der Waals surface area contributed by atoms with Crippen LogP contribution in [0, 0.1) is 0 Å². The lowest BCUT2D eigenvalue weighted by molar-refractivity contribution is 0.634. The van der Waals surface area contributed by atoms with Crippen LogP contribution in [0.1, 0.15) is 19.8 Å². The average molecular weight is 255 g/mol. The molecule has 0 radical (unpaired) electrons. The molecule has 0 amide bonds. The topological polar surface area (TPSA) is 24.4 Å². The minimum Gasteiger partial charge on any atom is -0.335 e. The van der Waals surface area contributed by atoms with Gasteiger partial charge in [0.1, 0.15) is 0 Å². The normalized spacial score (nSPS) is 20.4. The summed E-state index contributed by atoms with van der Waals surface area (Å²) in [6.07, 6.45) is 2.29. The first-order valence-corrected chi connectivity index (χ1v) is 6.87. The summed E-state index contributed by atoms with van der Waals surface area (Å²) in [6, 6.07) is 8.21. The van der Waals surface area contributed by atoms with Gasteiger partial charge < -0.3 is 5.32 Å². The number of rotatable bonds is 2. The van der Waals surface area contributed by atoms with Gasteiger partial charge in [0, 0.05) is 16.5 Å². The highest BCUT2D eigenvalue weighted by molar-refractivity contribution is 8.14. The maximum atomic E-state index is 5.93. The monoisotopic (exact) mass is 254 g/mol. The standard InChI is InChI=1S/C12H15ClN2S/c1-2-10-6-7-16-12(14-10)15-11-5-3-4-9(13)8-11/h3-5,8,10H,2,6-7H2,1H3,(H,14,15). The van der Waals surface area contributed by atoms with Crippen molar-refractivity contribution in [1.82, 2.24) is 0 Å². The zero-order valence-corrected chi connectivity index (χ0v) is 10.8. The molecular weight excluding hydrogens is 240 g/mol. The zero-order valence-electron chi connectivity index (χ0n) is 9.24. The molecule has 86 valence electrons. The van der Waals surface area contributed by atoms with Crippen LogP contribution in [0.5, 0.6) is 0 Å². The van der Waals surface area contributed by atoms with Crippen LogP contribution in [0.3, 0.4) is 0 Å². The predicted octanol–water partition coefficient (Wildman–Crippen LogP) is 4.02. The Balaban J connectivity index is 2.06. The number of thioether (sulfide) groups is 1. The number of hydrogen-bond acceptors (Lipinski definition) is 3. The third-order valence-electron chi connectivity index (χ3n) is 2.54. The molecule has 0 saturated heterocycles. The summed E-state index contributed by atoms with van der Waals surface area (Å²) in [5.41, 5.74) is 1.01. The first-order valence-electron chi connectivity index (χ1n) is 5.51. The summed E-state index contributed by atoms with van der Waals surface area (Å²) >= 11 is 7.71. The van der Waals surface area contributed by atoms with E-state index in [9.17, 15) is 0 Å². The Labute approximate surface area is 105 Å². The molecule has 16 heavy (non-hydrogen) atoms. The molecule has 0 bridgehead atoms. The fourth-order valence-corrected chi connectivity index (χ4v) is 2.80. The summed E-state index contributed by atoms with van der Waals surface area (Å²) in [5, 5.41) is 5.08. The van der Waals surface area contributed by atoms with Gasteiger partial charge in [0.2, 0.25) is 0 Å². The molecule has 1 unspecified atom stereocenters. The molecule has 1 aliphatic rings. The van der Waals surface area contributed by atoms with Gasteiger partial charge in [-0.1, -0.05) is 36.4 Å². The first kappa shape index (κ1) is 11.8. The van der Waals surface area contributed by atoms with Gasteiger partial charge in [-0.2, -0.15) is 0 Å². The maximum absolute atomic E-state index is 5.93. The van der Waals surface area contributed by atoms with Crippen LogP contribution in [-0.2, 0) is 0 Å². The van der Waals surface area contributed by atoms with Gasteiger partial charge in [0.05, 0.1) is 6.04 Å². The first-order chi connectivity index (χ1) is 7.78. The molecule has 0 spiro atoms. The van der Waals surface area contributed by atoms with Gasteiger partial charge in [0.25, 0.3) is 0 Å². The van der Waals surface area contributed by atoms with Crippen LogP contribution in [0.25, 0.3) is 0 Å². The largest absolute Gasteiger partial charge is 0.335 e. The van der Waals surface area contributed by atoms with Crippen molar-refractivity contribution >= 4 is 34.2 Å². The molecule has 0 aromatic heterocycles. The van der Waals surface area contributed by atoms with Crippen LogP contribution in [0.2, 0.25) is 5.02 Å². The molecule has 1 N–H and O–H groups in total. The smallest absolute Gasteiger partial charge is 0.161 e. The molecule has 0 saturated carbocycles. The highest BCUT2D eigenvalue weighted by atomic mass is 35.5. The van der Waals surface area contributed by atoms with E-state index in [1.54, 1.807) is 11.8 Å². The SMILES string of the molecule is CCC1CCSC(Nc2cccc(Cl)c2)=N1. The Morgan fingerprint density at radius 1 is 1.56 bits per heavy atom. The average Bonchev–Trinajstić information content (AvgIpc) is 2.29. The molecular formula is C12H15ClN2S. The number of hydrogen-bond donors (Lipinski definition) is 1. The van der Waals surface area contributed by atoms with Gasteiger partial charge >= 0.3 is 0 Å². The molecule has 0 fully saturated rings. The van der Waals surface area contributed by atoms with Crippen LogP contribution in [-0.4, -0.2) is 17.0 Å². The second-order valence-corrected chi connectivity index (χ2v) is 5.29. The molecule has 2 rings (SSSR count). The molecule has 1 aromatic carbocycles. The molecule has 1 aromatic rings. The van der Waals surface area contributed by atoms with Gasteiger partial charge in [-0.15, -0.1) is 0 Å². The maximum Gasteiger partial charge on any atom is 0.161 e. The fourth-order valence-electron chi connectivity index (χ4n) is 1.61. The Morgan fingerprint density at radius 3 is 3.19 bits per heavy atom. The fraction of sp³-hybridized carbons (Fsp3) is 0.417. The number of nitrogens with zero attached hydrogens (tertiary/aromatic N) is 1. The third-order valence-corrected chi connectivity index (χ3v) is 3.69. The highest BCUT2D eigenvalue weighted by Crippen LogP contribution is 2.22. The molecule has 2 nitrogen and oxygen atoms in total. The quantitative estimate of drug-likeness (QED) is 0.862. The Kier molecular flexibility index (Phi) is 4.13. The van der Waals surface area contributed by atoms with Crippen LogP contribution in [0.4, 0.5) is 5.69 Å². The van der Waals surface area contributed by atoms with Crippen molar-refractivity contribution in [3.63, 3.8) is 0 Å². The Hall–Kier alpha value is -0.670. The minimum absolute atomic E-state index is 0.475. The molecule has 4 heteroatoms. The third kappa shape index (κ3) is 3.16. The van der Waals surface area contributed by atoms with E-state index in [-0.39, 0.29) is 0 Å². The van der Waals surface area contributed by atoms with Crippen molar-refractivity contribution in [3.8, 4) is 0 Å². The van der Waals surface area contributed by atoms with Crippen molar-refractivity contribution in [1.29, 1.82) is 0 Å². The second-order valence-electron chi connectivity index (χ2n) is 3.77. The van der Waals surface area contributed by atoms with Crippen molar-refractivity contribution < 1.29 is 0 Å². The van der Waals surface area contributed by atoms with Crippen molar-refractivity contribution in [2.24, 2.45) is 4.99 Å². The highest BCUT2D eigenvalue weighted by Gasteiger charge is 2.13. The molecule has 1 aliphatic heterocycles. The van der Waals surface area contributed by atoms with E-state index in [1.807, 2.05) is 24.3 Å². The second kappa shape index (κ2) is 5.60. The van der Waals surface area contributed by atoms with Crippen LogP contribution in [0.15, 0.2) is 29.3 Å². The summed E-state index contributed by atoms with van der Waals surface area (Å²) < 4.78 is 0.